The predicted molar refractivity (Wildman–Crippen MR) is 244 cm³/mol. The van der Waals surface area contributed by atoms with Crippen molar-refractivity contribution in [2.45, 2.75) is 39.4 Å². The average Bonchev–Trinajstić information content (AvgIpc) is 3.59. The second-order valence-electron chi connectivity index (χ2n) is 14.8. The Morgan fingerprint density at radius 2 is 1.33 bits per heavy atom. The summed E-state index contributed by atoms with van der Waals surface area (Å²) < 4.78 is 2.44. The summed E-state index contributed by atoms with van der Waals surface area (Å²) in [5.41, 5.74) is 14.4. The van der Waals surface area contributed by atoms with Crippen molar-refractivity contribution in [3.8, 4) is 22.3 Å². The molecule has 4 nitrogen and oxygen atoms in total. The van der Waals surface area contributed by atoms with Crippen LogP contribution in [0.4, 0.5) is 0 Å². The Bertz CT molecular complexity index is 2590. The molecule has 2 atom stereocenters. The predicted octanol–water partition coefficient (Wildman–Crippen LogP) is 12.8. The van der Waals surface area contributed by atoms with Gasteiger partial charge in [-0.3, -0.25) is 5.32 Å². The molecule has 0 bridgehead atoms. The molecule has 2 N–H and O–H groups in total. The number of hydrogen-bond donors (Lipinski definition) is 2. The van der Waals surface area contributed by atoms with Crippen molar-refractivity contribution in [3.05, 3.63) is 204 Å². The van der Waals surface area contributed by atoms with E-state index in [-0.39, 0.29) is 12.2 Å². The van der Waals surface area contributed by atoms with Crippen LogP contribution in [-0.4, -0.2) is 29.6 Å². The topological polar surface area (TPSA) is 32.2 Å². The molecule has 284 valence electrons. The van der Waals surface area contributed by atoms with Crippen LogP contribution in [-0.2, 0) is 0 Å². The lowest BCUT2D eigenvalue weighted by Crippen LogP contribution is -2.24. The van der Waals surface area contributed by atoms with E-state index in [1.807, 2.05) is 0 Å². The fourth-order valence-electron chi connectivity index (χ4n) is 8.27. The average molecular weight is 745 g/mol. The number of aromatic nitrogens is 1. The lowest BCUT2D eigenvalue weighted by atomic mass is 9.90. The number of allylic oxidation sites excluding steroid dienone is 4. The minimum absolute atomic E-state index is 0.0547. The van der Waals surface area contributed by atoms with Crippen LogP contribution < -0.4 is 10.6 Å². The minimum atomic E-state index is -0.0950. The van der Waals surface area contributed by atoms with Gasteiger partial charge >= 0.3 is 0 Å². The first kappa shape index (κ1) is 37.6. The highest BCUT2D eigenvalue weighted by molar-refractivity contribution is 6.09. The molecule has 8 rings (SSSR count). The number of nitrogens with one attached hydrogen (secondary N) is 2. The highest BCUT2D eigenvalue weighted by Gasteiger charge is 2.21. The van der Waals surface area contributed by atoms with Crippen LogP contribution in [0.5, 0.6) is 0 Å². The Morgan fingerprint density at radius 1 is 0.667 bits per heavy atom. The molecule has 1 aliphatic rings. The SMILES string of the molecule is C/C=C\C(NCC)n1c2ccccc2c2cc(-c3cc(-c4ccc(C5=CC=CCN5C)cc4)cc(C(N/C(=C/CC)c4ccccc4)c4ccccc4)c3)ccc21. The molecule has 2 heterocycles. The molecule has 0 spiro atoms. The zero-order valence-corrected chi connectivity index (χ0v) is 33.5. The second kappa shape index (κ2) is 17.2. The van der Waals surface area contributed by atoms with Gasteiger partial charge in [0.1, 0.15) is 6.17 Å². The van der Waals surface area contributed by atoms with Crippen LogP contribution in [0.15, 0.2) is 182 Å². The van der Waals surface area contributed by atoms with Crippen molar-refractivity contribution in [1.82, 2.24) is 20.1 Å². The first-order valence-electron chi connectivity index (χ1n) is 20.4. The number of rotatable bonds is 13. The molecule has 0 aliphatic carbocycles. The van der Waals surface area contributed by atoms with Gasteiger partial charge < -0.3 is 14.8 Å². The smallest absolute Gasteiger partial charge is 0.103 e. The Morgan fingerprint density at radius 3 is 2.05 bits per heavy atom. The third-order valence-corrected chi connectivity index (χ3v) is 11.0. The van der Waals surface area contributed by atoms with Gasteiger partial charge in [0.25, 0.3) is 0 Å². The maximum atomic E-state index is 4.04. The zero-order valence-electron chi connectivity index (χ0n) is 33.5. The summed E-state index contributed by atoms with van der Waals surface area (Å²) in [6.07, 6.45) is 14.2. The first-order valence-corrected chi connectivity index (χ1v) is 20.4. The maximum Gasteiger partial charge on any atom is 0.103 e. The summed E-state index contributed by atoms with van der Waals surface area (Å²) >= 11 is 0. The summed E-state index contributed by atoms with van der Waals surface area (Å²) in [5.74, 6) is 0. The number of fused-ring (bicyclic) bond motifs is 3. The molecule has 0 radical (unpaired) electrons. The van der Waals surface area contributed by atoms with Crippen molar-refractivity contribution in [3.63, 3.8) is 0 Å². The van der Waals surface area contributed by atoms with Gasteiger partial charge in [-0.2, -0.15) is 0 Å². The van der Waals surface area contributed by atoms with E-state index >= 15 is 0 Å². The Hall–Kier alpha value is -6.36. The van der Waals surface area contributed by atoms with Gasteiger partial charge in [0.15, 0.2) is 0 Å². The molecular formula is C53H52N4. The third kappa shape index (κ3) is 7.87. The van der Waals surface area contributed by atoms with E-state index in [0.717, 1.165) is 25.2 Å². The van der Waals surface area contributed by atoms with Crippen molar-refractivity contribution in [1.29, 1.82) is 0 Å². The fourth-order valence-corrected chi connectivity index (χ4v) is 8.27. The Labute approximate surface area is 338 Å². The van der Waals surface area contributed by atoms with Gasteiger partial charge in [-0.25, -0.2) is 0 Å². The normalized spacial score (nSPS) is 14.4. The van der Waals surface area contributed by atoms with Gasteiger partial charge in [-0.05, 0) is 107 Å². The van der Waals surface area contributed by atoms with E-state index in [4.69, 9.17) is 0 Å². The highest BCUT2D eigenvalue weighted by atomic mass is 15.2. The largest absolute Gasteiger partial charge is 0.374 e. The van der Waals surface area contributed by atoms with Crippen molar-refractivity contribution < 1.29 is 0 Å². The monoisotopic (exact) mass is 744 g/mol. The number of hydrogen-bond acceptors (Lipinski definition) is 3. The number of benzene rings is 6. The van der Waals surface area contributed by atoms with E-state index in [1.165, 1.54) is 72.0 Å². The molecule has 0 saturated heterocycles. The molecule has 0 saturated carbocycles. The van der Waals surface area contributed by atoms with Crippen LogP contribution in [0.2, 0.25) is 0 Å². The summed E-state index contributed by atoms with van der Waals surface area (Å²) in [5, 5.41) is 10.2. The van der Waals surface area contributed by atoms with E-state index in [9.17, 15) is 0 Å². The van der Waals surface area contributed by atoms with Crippen LogP contribution >= 0.6 is 0 Å². The molecule has 4 heteroatoms. The third-order valence-electron chi connectivity index (χ3n) is 11.0. The van der Waals surface area contributed by atoms with Gasteiger partial charge in [0.2, 0.25) is 0 Å². The number of likely N-dealkylation sites (N-methyl/N-ethyl adjacent to an activating group) is 2. The first-order chi connectivity index (χ1) is 28.1. The highest BCUT2D eigenvalue weighted by Crippen LogP contribution is 2.38. The molecule has 0 fully saturated rings. The van der Waals surface area contributed by atoms with Crippen LogP contribution in [0.25, 0.3) is 55.5 Å². The summed E-state index contributed by atoms with van der Waals surface area (Å²) in [7, 11) is 2.15. The molecule has 57 heavy (non-hydrogen) atoms. The van der Waals surface area contributed by atoms with Gasteiger partial charge in [-0.15, -0.1) is 0 Å². The molecule has 0 amide bonds. The Balaban J connectivity index is 1.31. The van der Waals surface area contributed by atoms with Crippen LogP contribution in [0.3, 0.4) is 0 Å². The summed E-state index contributed by atoms with van der Waals surface area (Å²) in [4.78, 5) is 2.30. The van der Waals surface area contributed by atoms with Crippen LogP contribution in [0, 0.1) is 0 Å². The summed E-state index contributed by atoms with van der Waals surface area (Å²) in [6, 6.07) is 53.5. The molecule has 6 aromatic carbocycles. The fraction of sp³-hybridized carbons (Fsp3) is 0.170. The number of para-hydroxylation sites is 1. The van der Waals surface area contributed by atoms with Crippen molar-refractivity contribution in [2.75, 3.05) is 20.1 Å². The van der Waals surface area contributed by atoms with E-state index < -0.39 is 0 Å². The number of nitrogens with zero attached hydrogens (tertiary/aromatic N) is 2. The molecule has 1 aromatic heterocycles. The molecule has 2 unspecified atom stereocenters. The van der Waals surface area contributed by atoms with Crippen molar-refractivity contribution >= 4 is 33.2 Å². The second-order valence-corrected chi connectivity index (χ2v) is 14.8. The Kier molecular flexibility index (Phi) is 11.3. The van der Waals surface area contributed by atoms with Gasteiger partial charge in [0.05, 0.1) is 17.1 Å². The quantitative estimate of drug-likeness (QED) is 0.115. The lowest BCUT2D eigenvalue weighted by Gasteiger charge is -2.25. The van der Waals surface area contributed by atoms with Crippen LogP contribution in [0.1, 0.15) is 61.7 Å². The molecule has 7 aromatic rings. The standard InChI is InChI=1S/C53H52N4/c1-5-18-48(39-20-10-8-11-21-39)55-53(41-22-12-9-13-23-41)45-35-43(38-27-29-40(30-28-38)49-25-16-17-33-56(49)4)34-44(36-45)42-31-32-51-47(37-42)46-24-14-15-26-50(46)57(51)52(19-6-2)54-7-3/h6,8-32,34-37,52-55H,5,7,33H2,1-4H3/b19-6-,48-18+. The van der Waals surface area contributed by atoms with Gasteiger partial charge in [0, 0.05) is 35.8 Å². The van der Waals surface area contributed by atoms with E-state index in [0.29, 0.717) is 0 Å². The van der Waals surface area contributed by atoms with E-state index in [2.05, 4.69) is 230 Å². The maximum absolute atomic E-state index is 4.04. The van der Waals surface area contributed by atoms with Crippen molar-refractivity contribution in [2.24, 2.45) is 0 Å². The lowest BCUT2D eigenvalue weighted by molar-refractivity contribution is 0.521. The van der Waals surface area contributed by atoms with Gasteiger partial charge in [-0.1, -0.05) is 153 Å². The zero-order chi connectivity index (χ0) is 39.1. The minimum Gasteiger partial charge on any atom is -0.374 e. The molecular weight excluding hydrogens is 693 g/mol. The van der Waals surface area contributed by atoms with E-state index in [1.54, 1.807) is 0 Å². The summed E-state index contributed by atoms with van der Waals surface area (Å²) in [6.45, 7) is 8.25. The molecule has 1 aliphatic heterocycles.